The van der Waals surface area contributed by atoms with E-state index in [1.807, 2.05) is 12.2 Å². The predicted molar refractivity (Wildman–Crippen MR) is 208 cm³/mol. The Morgan fingerprint density at radius 3 is 1.45 bits per heavy atom. The predicted octanol–water partition coefficient (Wildman–Crippen LogP) is 10.0. The molecule has 51 heavy (non-hydrogen) atoms. The standard InChI is InChI=1S/C41H65O9P/c1-2-3-4-5-6-7-8-9-13-16-19-22-25-28-31-34-40(43)48-37-39(38-49-51(45,46)47)50-41(44)35-32-29-26-23-20-17-14-11-10-12-15-18-21-24-27-30-33-36-42/h3-4,6-7,9-10,12-14,17-19,21-23,26,39,42H,2,5,8,11,15-16,20,24-25,27-38H2,1H3,(H2,45,46,47)/b4-3-,7-6-,12-10-,13-9-,17-14-,21-18-,22-19-,26-23-/t39-/m1/s1. The molecule has 0 saturated heterocycles. The Hall–Kier alpha value is -3.07. The SMILES string of the molecule is CC/C=C\C/C=C\C/C=C\C/C=C\CCCCC(=O)OC[C@H](COP(=O)(O)O)OC(=O)CCC/C=C\C/C=C\C/C=C\C/C=C\CCCCCO. The Labute approximate surface area is 307 Å². The average molecular weight is 733 g/mol. The van der Waals surface area contributed by atoms with Crippen molar-refractivity contribution in [3.63, 3.8) is 0 Å². The first kappa shape index (κ1) is 47.9. The number of aliphatic hydroxyl groups is 1. The van der Waals surface area contributed by atoms with Crippen molar-refractivity contribution in [2.24, 2.45) is 0 Å². The van der Waals surface area contributed by atoms with E-state index in [1.165, 1.54) is 0 Å². The highest BCUT2D eigenvalue weighted by Gasteiger charge is 2.22. The first-order valence-corrected chi connectivity index (χ1v) is 20.2. The molecule has 9 nitrogen and oxygen atoms in total. The summed E-state index contributed by atoms with van der Waals surface area (Å²) in [4.78, 5) is 42.7. The van der Waals surface area contributed by atoms with E-state index >= 15 is 0 Å². The molecule has 0 amide bonds. The minimum atomic E-state index is -4.79. The van der Waals surface area contributed by atoms with E-state index in [-0.39, 0.29) is 26.1 Å². The lowest BCUT2D eigenvalue weighted by molar-refractivity contribution is -0.161. The van der Waals surface area contributed by atoms with Crippen molar-refractivity contribution >= 4 is 19.8 Å². The van der Waals surface area contributed by atoms with Gasteiger partial charge in [-0.15, -0.1) is 0 Å². The van der Waals surface area contributed by atoms with E-state index in [4.69, 9.17) is 24.4 Å². The van der Waals surface area contributed by atoms with E-state index in [2.05, 4.69) is 96.5 Å². The van der Waals surface area contributed by atoms with Crippen molar-refractivity contribution in [3.05, 3.63) is 97.2 Å². The highest BCUT2D eigenvalue weighted by atomic mass is 31.2. The van der Waals surface area contributed by atoms with Crippen LogP contribution in [0.5, 0.6) is 0 Å². The van der Waals surface area contributed by atoms with Crippen LogP contribution in [0.25, 0.3) is 0 Å². The molecule has 0 aliphatic carbocycles. The molecule has 0 spiro atoms. The summed E-state index contributed by atoms with van der Waals surface area (Å²) >= 11 is 0. The number of allylic oxidation sites excluding steroid dienone is 16. The van der Waals surface area contributed by atoms with Crippen LogP contribution in [0.1, 0.15) is 122 Å². The fourth-order valence-corrected chi connectivity index (χ4v) is 4.75. The minimum absolute atomic E-state index is 0.111. The minimum Gasteiger partial charge on any atom is -0.462 e. The average Bonchev–Trinajstić information content (AvgIpc) is 3.10. The molecule has 1 atom stereocenters. The van der Waals surface area contributed by atoms with Crippen molar-refractivity contribution in [3.8, 4) is 0 Å². The van der Waals surface area contributed by atoms with Gasteiger partial charge in [0.1, 0.15) is 6.61 Å². The highest BCUT2D eigenvalue weighted by Crippen LogP contribution is 2.35. The van der Waals surface area contributed by atoms with Crippen LogP contribution in [0.4, 0.5) is 0 Å². The lowest BCUT2D eigenvalue weighted by Crippen LogP contribution is -2.29. The third-order valence-electron chi connectivity index (χ3n) is 7.14. The fourth-order valence-electron chi connectivity index (χ4n) is 4.39. The number of carbonyl (C=O) groups excluding carboxylic acids is 2. The molecule has 0 heterocycles. The van der Waals surface area contributed by atoms with Gasteiger partial charge in [-0.2, -0.15) is 0 Å². The molecule has 0 aliphatic heterocycles. The van der Waals surface area contributed by atoms with Crippen LogP contribution in [-0.4, -0.2) is 52.8 Å². The number of phosphoric ester groups is 1. The number of hydrogen-bond donors (Lipinski definition) is 3. The molecule has 0 saturated carbocycles. The molecule has 0 fully saturated rings. The van der Waals surface area contributed by atoms with Crippen LogP contribution in [0, 0.1) is 0 Å². The Balaban J connectivity index is 4.17. The van der Waals surface area contributed by atoms with E-state index in [9.17, 15) is 14.2 Å². The van der Waals surface area contributed by atoms with Gasteiger partial charge in [-0.05, 0) is 96.3 Å². The van der Waals surface area contributed by atoms with Crippen molar-refractivity contribution in [2.75, 3.05) is 19.8 Å². The maximum atomic E-state index is 12.3. The quantitative estimate of drug-likeness (QED) is 0.0260. The fraction of sp³-hybridized carbons (Fsp3) is 0.561. The number of aliphatic hydroxyl groups excluding tert-OH is 1. The summed E-state index contributed by atoms with van der Waals surface area (Å²) in [5.41, 5.74) is 0. The van der Waals surface area contributed by atoms with Gasteiger partial charge < -0.3 is 24.4 Å². The van der Waals surface area contributed by atoms with Crippen LogP contribution in [-0.2, 0) is 28.2 Å². The number of carbonyl (C=O) groups is 2. The van der Waals surface area contributed by atoms with E-state index < -0.39 is 32.5 Å². The topological polar surface area (TPSA) is 140 Å². The summed E-state index contributed by atoms with van der Waals surface area (Å²) in [6.45, 7) is 1.47. The van der Waals surface area contributed by atoms with Gasteiger partial charge >= 0.3 is 19.8 Å². The third kappa shape index (κ3) is 39.6. The molecule has 0 aromatic heterocycles. The summed E-state index contributed by atoms with van der Waals surface area (Å²) in [6, 6.07) is 0. The summed E-state index contributed by atoms with van der Waals surface area (Å²) in [6.07, 6.45) is 47.2. The van der Waals surface area contributed by atoms with Gasteiger partial charge in [0.25, 0.3) is 0 Å². The number of rotatable bonds is 33. The Morgan fingerprint density at radius 2 is 0.980 bits per heavy atom. The van der Waals surface area contributed by atoms with E-state index in [0.717, 1.165) is 83.5 Å². The lowest BCUT2D eigenvalue weighted by Gasteiger charge is -2.18. The molecule has 0 aromatic rings. The molecule has 0 aliphatic rings. The van der Waals surface area contributed by atoms with Crippen molar-refractivity contribution < 1.29 is 43.0 Å². The van der Waals surface area contributed by atoms with Crippen LogP contribution in [0.15, 0.2) is 97.2 Å². The summed E-state index contributed by atoms with van der Waals surface area (Å²) in [7, 11) is -4.79. The van der Waals surface area contributed by atoms with Crippen molar-refractivity contribution in [1.82, 2.24) is 0 Å². The van der Waals surface area contributed by atoms with Gasteiger partial charge in [-0.3, -0.25) is 14.1 Å². The zero-order chi connectivity index (χ0) is 37.5. The van der Waals surface area contributed by atoms with Gasteiger partial charge in [0.15, 0.2) is 6.10 Å². The summed E-state index contributed by atoms with van der Waals surface area (Å²) in [5, 5.41) is 8.77. The molecule has 0 aromatic carbocycles. The van der Waals surface area contributed by atoms with Gasteiger partial charge in [0.05, 0.1) is 6.61 Å². The molecule has 0 rings (SSSR count). The lowest BCUT2D eigenvalue weighted by atomic mass is 10.2. The second-order valence-electron chi connectivity index (χ2n) is 11.9. The van der Waals surface area contributed by atoms with E-state index in [1.54, 1.807) is 0 Å². The van der Waals surface area contributed by atoms with E-state index in [0.29, 0.717) is 19.3 Å². The molecule has 0 bridgehead atoms. The smallest absolute Gasteiger partial charge is 0.462 e. The third-order valence-corrected chi connectivity index (χ3v) is 7.63. The zero-order valence-corrected chi connectivity index (χ0v) is 31.8. The maximum absolute atomic E-state index is 12.3. The van der Waals surface area contributed by atoms with Crippen molar-refractivity contribution in [2.45, 2.75) is 129 Å². The van der Waals surface area contributed by atoms with Gasteiger partial charge in [0, 0.05) is 19.4 Å². The van der Waals surface area contributed by atoms with Gasteiger partial charge in [-0.25, -0.2) is 4.57 Å². The monoisotopic (exact) mass is 732 g/mol. The first-order valence-electron chi connectivity index (χ1n) is 18.6. The summed E-state index contributed by atoms with van der Waals surface area (Å²) in [5.74, 6) is -1.03. The Morgan fingerprint density at radius 1 is 0.549 bits per heavy atom. The summed E-state index contributed by atoms with van der Waals surface area (Å²) < 4.78 is 26.2. The number of esters is 2. The van der Waals surface area contributed by atoms with Crippen LogP contribution in [0.3, 0.4) is 0 Å². The van der Waals surface area contributed by atoms with Gasteiger partial charge in [0.2, 0.25) is 0 Å². The maximum Gasteiger partial charge on any atom is 0.469 e. The Kier molecular flexibility index (Phi) is 34.5. The second kappa shape index (κ2) is 36.7. The molecular weight excluding hydrogens is 667 g/mol. The van der Waals surface area contributed by atoms with Crippen LogP contribution in [0.2, 0.25) is 0 Å². The first-order chi connectivity index (χ1) is 24.8. The normalized spacial score (nSPS) is 13.6. The van der Waals surface area contributed by atoms with Gasteiger partial charge in [-0.1, -0.05) is 111 Å². The Bertz CT molecular complexity index is 1140. The molecule has 10 heteroatoms. The number of ether oxygens (including phenoxy) is 2. The zero-order valence-electron chi connectivity index (χ0n) is 30.9. The number of phosphoric acid groups is 1. The molecular formula is C41H65O9P. The number of hydrogen-bond acceptors (Lipinski definition) is 7. The molecule has 288 valence electrons. The highest BCUT2D eigenvalue weighted by molar-refractivity contribution is 7.46. The molecule has 0 radical (unpaired) electrons. The number of unbranched alkanes of at least 4 members (excludes halogenated alkanes) is 6. The van der Waals surface area contributed by atoms with Crippen LogP contribution < -0.4 is 0 Å². The van der Waals surface area contributed by atoms with Crippen molar-refractivity contribution in [1.29, 1.82) is 0 Å². The van der Waals surface area contributed by atoms with Crippen LogP contribution >= 0.6 is 7.82 Å². The molecule has 0 unspecified atom stereocenters. The second-order valence-corrected chi connectivity index (χ2v) is 13.1. The molecule has 3 N–H and O–H groups in total. The largest absolute Gasteiger partial charge is 0.469 e.